The van der Waals surface area contributed by atoms with Gasteiger partial charge in [-0.25, -0.2) is 4.79 Å². The van der Waals surface area contributed by atoms with E-state index in [0.29, 0.717) is 5.70 Å². The van der Waals surface area contributed by atoms with E-state index in [9.17, 15) is 4.79 Å². The van der Waals surface area contributed by atoms with Gasteiger partial charge in [0.05, 0.1) is 11.1 Å². The predicted molar refractivity (Wildman–Crippen MR) is 30.5 cm³/mol. The van der Waals surface area contributed by atoms with Gasteiger partial charge in [-0.15, -0.1) is 11.6 Å². The van der Waals surface area contributed by atoms with E-state index in [1.54, 1.807) is 0 Å². The molecular formula is C5H4ClNO. The number of hydrogen-bond acceptors (Lipinski definition) is 2. The van der Waals surface area contributed by atoms with Crippen molar-refractivity contribution < 1.29 is 4.79 Å². The molecule has 0 amide bonds. The van der Waals surface area contributed by atoms with Crippen LogP contribution in [0.1, 0.15) is 6.42 Å². The first-order chi connectivity index (χ1) is 3.84. The summed E-state index contributed by atoms with van der Waals surface area (Å²) < 4.78 is 0. The van der Waals surface area contributed by atoms with Gasteiger partial charge in [0.2, 0.25) is 6.08 Å². The van der Waals surface area contributed by atoms with Crippen LogP contribution in [0, 0.1) is 0 Å². The first-order valence-corrected chi connectivity index (χ1v) is 2.70. The zero-order chi connectivity index (χ0) is 5.98. The summed E-state index contributed by atoms with van der Waals surface area (Å²) in [5.41, 5.74) is 0.654. The van der Waals surface area contributed by atoms with Crippen LogP contribution in [0.3, 0.4) is 0 Å². The second-order valence-electron chi connectivity index (χ2n) is 1.54. The monoisotopic (exact) mass is 129 g/mol. The Kier molecular flexibility index (Phi) is 1.47. The SMILES string of the molecule is O=C=NC1=CC[C@H]1Cl. The van der Waals surface area contributed by atoms with Gasteiger partial charge in [-0.1, -0.05) is 6.08 Å². The number of carbonyl (C=O) groups excluding carboxylic acids is 1. The fourth-order valence-corrected chi connectivity index (χ4v) is 0.708. The first kappa shape index (κ1) is 5.54. The lowest BCUT2D eigenvalue weighted by atomic mass is 10.1. The third kappa shape index (κ3) is 0.808. The fourth-order valence-electron chi connectivity index (χ4n) is 0.481. The van der Waals surface area contributed by atoms with Crippen LogP contribution in [-0.4, -0.2) is 11.5 Å². The number of alkyl halides is 1. The Labute approximate surface area is 51.9 Å². The van der Waals surface area contributed by atoms with Crippen molar-refractivity contribution >= 4 is 17.7 Å². The molecule has 1 aliphatic rings. The summed E-state index contributed by atoms with van der Waals surface area (Å²) >= 11 is 5.55. The zero-order valence-corrected chi connectivity index (χ0v) is 4.85. The Balaban J connectivity index is 2.61. The van der Waals surface area contributed by atoms with Gasteiger partial charge in [-0.2, -0.15) is 4.99 Å². The second-order valence-corrected chi connectivity index (χ2v) is 2.06. The van der Waals surface area contributed by atoms with Crippen molar-refractivity contribution in [3.8, 4) is 0 Å². The summed E-state index contributed by atoms with van der Waals surface area (Å²) in [7, 11) is 0. The molecule has 0 heterocycles. The zero-order valence-electron chi connectivity index (χ0n) is 4.10. The van der Waals surface area contributed by atoms with E-state index in [-0.39, 0.29) is 5.38 Å². The maximum atomic E-state index is 9.56. The minimum atomic E-state index is -0.0450. The molecular weight excluding hydrogens is 126 g/mol. The molecule has 0 bridgehead atoms. The highest BCUT2D eigenvalue weighted by molar-refractivity contribution is 6.23. The van der Waals surface area contributed by atoms with Crippen molar-refractivity contribution in [2.75, 3.05) is 0 Å². The number of hydrogen-bond donors (Lipinski definition) is 0. The van der Waals surface area contributed by atoms with E-state index < -0.39 is 0 Å². The van der Waals surface area contributed by atoms with Gasteiger partial charge in [-0.05, 0) is 6.42 Å². The molecule has 0 spiro atoms. The summed E-state index contributed by atoms with van der Waals surface area (Å²) in [6, 6.07) is 0. The lowest BCUT2D eigenvalue weighted by molar-refractivity contribution is 0.563. The Hall–Kier alpha value is -0.590. The van der Waals surface area contributed by atoms with Crippen LogP contribution in [0.5, 0.6) is 0 Å². The molecule has 2 nitrogen and oxygen atoms in total. The van der Waals surface area contributed by atoms with Gasteiger partial charge in [0.15, 0.2) is 0 Å². The minimum Gasteiger partial charge on any atom is -0.211 e. The number of halogens is 1. The van der Waals surface area contributed by atoms with Crippen LogP contribution < -0.4 is 0 Å². The van der Waals surface area contributed by atoms with Gasteiger partial charge in [0.1, 0.15) is 0 Å². The lowest BCUT2D eigenvalue weighted by Gasteiger charge is -2.13. The Morgan fingerprint density at radius 3 is 2.88 bits per heavy atom. The van der Waals surface area contributed by atoms with Crippen molar-refractivity contribution in [2.24, 2.45) is 4.99 Å². The standard InChI is InChI=1S/C5H4ClNO/c6-4-1-2-5(4)7-3-8/h2,4H,1H2/t4-/m1/s1. The lowest BCUT2D eigenvalue weighted by Crippen LogP contribution is -2.08. The molecule has 3 heteroatoms. The van der Waals surface area contributed by atoms with Gasteiger partial charge < -0.3 is 0 Å². The van der Waals surface area contributed by atoms with Crippen molar-refractivity contribution in [3.63, 3.8) is 0 Å². The fraction of sp³-hybridized carbons (Fsp3) is 0.400. The van der Waals surface area contributed by atoms with Crippen molar-refractivity contribution in [3.05, 3.63) is 11.8 Å². The van der Waals surface area contributed by atoms with Crippen LogP contribution >= 0.6 is 11.6 Å². The molecule has 0 aromatic heterocycles. The van der Waals surface area contributed by atoms with E-state index in [1.165, 1.54) is 6.08 Å². The van der Waals surface area contributed by atoms with E-state index in [2.05, 4.69) is 4.99 Å². The molecule has 0 aliphatic heterocycles. The number of rotatable bonds is 1. The van der Waals surface area contributed by atoms with E-state index in [0.717, 1.165) is 6.42 Å². The topological polar surface area (TPSA) is 29.4 Å². The largest absolute Gasteiger partial charge is 0.240 e. The van der Waals surface area contributed by atoms with Gasteiger partial charge in [0, 0.05) is 0 Å². The third-order valence-corrected chi connectivity index (χ3v) is 1.43. The number of allylic oxidation sites excluding steroid dienone is 2. The van der Waals surface area contributed by atoms with E-state index in [1.807, 2.05) is 6.08 Å². The van der Waals surface area contributed by atoms with Crippen molar-refractivity contribution in [1.82, 2.24) is 0 Å². The van der Waals surface area contributed by atoms with E-state index in [4.69, 9.17) is 11.6 Å². The summed E-state index contributed by atoms with van der Waals surface area (Å²) in [4.78, 5) is 12.9. The molecule has 0 saturated carbocycles. The highest BCUT2D eigenvalue weighted by atomic mass is 35.5. The summed E-state index contributed by atoms with van der Waals surface area (Å²) in [5.74, 6) is 0. The Morgan fingerprint density at radius 1 is 2.00 bits per heavy atom. The van der Waals surface area contributed by atoms with Crippen LogP contribution in [0.4, 0.5) is 0 Å². The summed E-state index contributed by atoms with van der Waals surface area (Å²) in [6.07, 6.45) is 4.05. The Morgan fingerprint density at radius 2 is 2.75 bits per heavy atom. The average molecular weight is 130 g/mol. The second kappa shape index (κ2) is 2.12. The molecule has 0 fully saturated rings. The number of nitrogens with zero attached hydrogens (tertiary/aromatic N) is 1. The molecule has 0 saturated heterocycles. The molecule has 1 aliphatic carbocycles. The molecule has 8 heavy (non-hydrogen) atoms. The predicted octanol–water partition coefficient (Wildman–Crippen LogP) is 1.22. The molecule has 42 valence electrons. The van der Waals surface area contributed by atoms with Crippen LogP contribution in [-0.2, 0) is 4.79 Å². The summed E-state index contributed by atoms with van der Waals surface area (Å²) in [5, 5.41) is -0.0450. The van der Waals surface area contributed by atoms with E-state index >= 15 is 0 Å². The highest BCUT2D eigenvalue weighted by Gasteiger charge is 2.17. The molecule has 0 unspecified atom stereocenters. The summed E-state index contributed by atoms with van der Waals surface area (Å²) in [6.45, 7) is 0. The minimum absolute atomic E-state index is 0.0450. The van der Waals surface area contributed by atoms with Gasteiger partial charge >= 0.3 is 0 Å². The number of aliphatic imine (C=N–C) groups is 1. The van der Waals surface area contributed by atoms with Crippen LogP contribution in [0.15, 0.2) is 16.8 Å². The average Bonchev–Trinajstić information content (AvgIpc) is 1.79. The van der Waals surface area contributed by atoms with Gasteiger partial charge in [-0.3, -0.25) is 0 Å². The molecule has 0 radical (unpaired) electrons. The van der Waals surface area contributed by atoms with Crippen LogP contribution in [0.25, 0.3) is 0 Å². The molecule has 0 aromatic carbocycles. The molecule has 0 aromatic rings. The molecule has 0 N–H and O–H groups in total. The molecule has 1 atom stereocenters. The molecule has 1 rings (SSSR count). The quantitative estimate of drug-likeness (QED) is 0.297. The maximum Gasteiger partial charge on any atom is 0.240 e. The first-order valence-electron chi connectivity index (χ1n) is 2.26. The Bertz CT molecular complexity index is 169. The highest BCUT2D eigenvalue weighted by Crippen LogP contribution is 2.25. The third-order valence-electron chi connectivity index (χ3n) is 1.03. The normalized spacial score (nSPS) is 25.1. The smallest absolute Gasteiger partial charge is 0.211 e. The van der Waals surface area contributed by atoms with Crippen LogP contribution in [0.2, 0.25) is 0 Å². The number of isocyanates is 1. The van der Waals surface area contributed by atoms with Crippen molar-refractivity contribution in [1.29, 1.82) is 0 Å². The van der Waals surface area contributed by atoms with Gasteiger partial charge in [0.25, 0.3) is 0 Å². The maximum absolute atomic E-state index is 9.56. The van der Waals surface area contributed by atoms with Crippen molar-refractivity contribution in [2.45, 2.75) is 11.8 Å².